The lowest BCUT2D eigenvalue weighted by Crippen LogP contribution is -2.33. The van der Waals surface area contributed by atoms with Gasteiger partial charge in [-0.2, -0.15) is 5.10 Å². The van der Waals surface area contributed by atoms with Gasteiger partial charge in [0, 0.05) is 61.3 Å². The maximum absolute atomic E-state index is 14.0. The van der Waals surface area contributed by atoms with Gasteiger partial charge < -0.3 is 20.4 Å². The van der Waals surface area contributed by atoms with Gasteiger partial charge in [0.15, 0.2) is 17.4 Å². The molecule has 1 fully saturated rings. The molecule has 10 nitrogen and oxygen atoms in total. The smallest absolute Gasteiger partial charge is 0.238 e. The molecule has 5 aromatic rings. The van der Waals surface area contributed by atoms with E-state index in [0.29, 0.717) is 37.0 Å². The molecule has 0 aliphatic carbocycles. The van der Waals surface area contributed by atoms with Crippen LogP contribution in [0.5, 0.6) is 5.75 Å². The molecule has 0 spiro atoms. The van der Waals surface area contributed by atoms with Crippen molar-refractivity contribution in [3.05, 3.63) is 77.8 Å². The molecule has 1 unspecified atom stereocenters. The van der Waals surface area contributed by atoms with Crippen LogP contribution in [0.25, 0.3) is 22.2 Å². The van der Waals surface area contributed by atoms with E-state index in [1.807, 2.05) is 56.3 Å². The first-order valence-corrected chi connectivity index (χ1v) is 13.6. The summed E-state index contributed by atoms with van der Waals surface area (Å²) < 4.78 is 34.7. The predicted octanol–water partition coefficient (Wildman–Crippen LogP) is 5.09. The van der Waals surface area contributed by atoms with Crippen LogP contribution < -0.4 is 15.4 Å². The van der Waals surface area contributed by atoms with Crippen molar-refractivity contribution >= 4 is 34.3 Å². The van der Waals surface area contributed by atoms with Crippen LogP contribution in [-0.4, -0.2) is 61.3 Å². The molecule has 3 aromatic heterocycles. The number of carbonyl (C=O) groups excluding carboxylic acids is 1. The molecule has 1 aliphatic heterocycles. The number of hydrogen-bond donors (Lipinski definition) is 3. The highest BCUT2D eigenvalue weighted by atomic mass is 19.1. The molecule has 12 heteroatoms. The number of aromatic nitrogens is 5. The normalized spacial score (nSPS) is 15.3. The zero-order valence-corrected chi connectivity index (χ0v) is 23.4. The van der Waals surface area contributed by atoms with Crippen molar-refractivity contribution in [1.82, 2.24) is 29.6 Å². The summed E-state index contributed by atoms with van der Waals surface area (Å²) in [7, 11) is 1.87. The Morgan fingerprint density at radius 3 is 2.83 bits per heavy atom. The number of halogens is 2. The molecule has 1 atom stereocenters. The van der Waals surface area contributed by atoms with Gasteiger partial charge in [-0.1, -0.05) is 12.1 Å². The third-order valence-corrected chi connectivity index (χ3v) is 7.35. The molecule has 42 heavy (non-hydrogen) atoms. The van der Waals surface area contributed by atoms with E-state index in [4.69, 9.17) is 9.72 Å². The molecule has 6 rings (SSSR count). The molecule has 216 valence electrons. The van der Waals surface area contributed by atoms with Gasteiger partial charge in [0.05, 0.1) is 23.4 Å². The summed E-state index contributed by atoms with van der Waals surface area (Å²) in [6.45, 7) is 5.16. The minimum absolute atomic E-state index is 0.00980. The van der Waals surface area contributed by atoms with Crippen LogP contribution in [-0.2, 0) is 11.8 Å². The monoisotopic (exact) mass is 572 g/mol. The highest BCUT2D eigenvalue weighted by Crippen LogP contribution is 2.33. The van der Waals surface area contributed by atoms with Crippen molar-refractivity contribution in [2.75, 3.05) is 30.3 Å². The number of rotatable bonds is 8. The summed E-state index contributed by atoms with van der Waals surface area (Å²) in [6.07, 6.45) is 3.99. The van der Waals surface area contributed by atoms with Gasteiger partial charge in [-0.25, -0.2) is 18.7 Å². The van der Waals surface area contributed by atoms with Crippen LogP contribution in [0, 0.1) is 25.5 Å². The van der Waals surface area contributed by atoms with E-state index < -0.39 is 11.6 Å². The lowest BCUT2D eigenvalue weighted by Gasteiger charge is -2.17. The fourth-order valence-electron chi connectivity index (χ4n) is 5.15. The zero-order chi connectivity index (χ0) is 29.4. The van der Waals surface area contributed by atoms with Crippen molar-refractivity contribution < 1.29 is 18.3 Å². The van der Waals surface area contributed by atoms with Crippen molar-refractivity contribution in [2.24, 2.45) is 7.05 Å². The maximum Gasteiger partial charge on any atom is 0.238 e. The number of aryl methyl sites for hydroxylation is 3. The number of para-hydroxylation sites is 1. The van der Waals surface area contributed by atoms with Crippen LogP contribution in [0.3, 0.4) is 0 Å². The third-order valence-electron chi connectivity index (χ3n) is 7.35. The van der Waals surface area contributed by atoms with E-state index in [9.17, 15) is 13.6 Å². The maximum atomic E-state index is 14.0. The second-order valence-corrected chi connectivity index (χ2v) is 10.5. The lowest BCUT2D eigenvalue weighted by molar-refractivity contribution is -0.117. The first-order valence-electron chi connectivity index (χ1n) is 13.6. The Bertz CT molecular complexity index is 1760. The number of anilines is 3. The number of nitrogens with zero attached hydrogens (tertiary/aromatic N) is 5. The minimum atomic E-state index is -0.738. The highest BCUT2D eigenvalue weighted by molar-refractivity contribution is 6.06. The summed E-state index contributed by atoms with van der Waals surface area (Å²) in [5.41, 5.74) is 4.99. The average molecular weight is 573 g/mol. The van der Waals surface area contributed by atoms with Gasteiger partial charge in [-0.3, -0.25) is 14.4 Å². The number of ether oxygens (including phenoxy) is 1. The fraction of sp³-hybridized carbons (Fsp3) is 0.267. The number of H-pyrrole nitrogens is 1. The van der Waals surface area contributed by atoms with Gasteiger partial charge in [0.1, 0.15) is 11.9 Å². The first-order chi connectivity index (χ1) is 20.2. The zero-order valence-electron chi connectivity index (χ0n) is 23.4. The topological polar surface area (TPSA) is 113 Å². The second-order valence-electron chi connectivity index (χ2n) is 10.5. The van der Waals surface area contributed by atoms with Crippen molar-refractivity contribution in [1.29, 1.82) is 0 Å². The lowest BCUT2D eigenvalue weighted by atomic mass is 10.1. The summed E-state index contributed by atoms with van der Waals surface area (Å²) in [5, 5.41) is 11.5. The number of hydrogen-bond acceptors (Lipinski definition) is 7. The molecule has 1 amide bonds. The number of benzene rings is 2. The Morgan fingerprint density at radius 1 is 1.19 bits per heavy atom. The van der Waals surface area contributed by atoms with E-state index in [2.05, 4.69) is 25.7 Å². The Hall–Kier alpha value is -4.84. The van der Waals surface area contributed by atoms with E-state index in [1.54, 1.807) is 10.9 Å². The summed E-state index contributed by atoms with van der Waals surface area (Å²) in [5.74, 6) is -0.469. The van der Waals surface area contributed by atoms with Crippen molar-refractivity contribution in [3.63, 3.8) is 0 Å². The molecule has 3 N–H and O–H groups in total. The predicted molar refractivity (Wildman–Crippen MR) is 156 cm³/mol. The second kappa shape index (κ2) is 11.2. The number of carbonyl (C=O) groups is 1. The number of likely N-dealkylation sites (tertiary alicyclic amines) is 1. The van der Waals surface area contributed by atoms with E-state index in [1.165, 1.54) is 6.07 Å². The molecule has 1 aliphatic rings. The average Bonchev–Trinajstić information content (AvgIpc) is 3.66. The molecule has 0 radical (unpaired) electrons. The van der Waals surface area contributed by atoms with Gasteiger partial charge in [-0.05, 0) is 44.0 Å². The van der Waals surface area contributed by atoms with Crippen LogP contribution >= 0.6 is 0 Å². The Labute approximate surface area is 240 Å². The van der Waals surface area contributed by atoms with Gasteiger partial charge >= 0.3 is 0 Å². The number of amides is 1. The summed E-state index contributed by atoms with van der Waals surface area (Å²) >= 11 is 0. The SMILES string of the molecule is Cc1cnc(Nc2cc(C)n(C)n2)nc1-c1c[nH]c2c(NC(=O)CN3CCC(Oc4ccc(F)cc4F)C3)cccc12. The quantitative estimate of drug-likeness (QED) is 0.237. The largest absolute Gasteiger partial charge is 0.486 e. The molecule has 1 saturated heterocycles. The molecule has 0 bridgehead atoms. The highest BCUT2D eigenvalue weighted by Gasteiger charge is 2.26. The molecule has 4 heterocycles. The van der Waals surface area contributed by atoms with Crippen LogP contribution in [0.4, 0.5) is 26.2 Å². The number of fused-ring (bicyclic) bond motifs is 1. The van der Waals surface area contributed by atoms with E-state index in [0.717, 1.165) is 45.6 Å². The molecule has 0 saturated carbocycles. The molecule has 2 aromatic carbocycles. The Kier molecular flexibility index (Phi) is 7.29. The van der Waals surface area contributed by atoms with E-state index >= 15 is 0 Å². The van der Waals surface area contributed by atoms with Crippen molar-refractivity contribution in [2.45, 2.75) is 26.4 Å². The third kappa shape index (κ3) is 5.66. The van der Waals surface area contributed by atoms with E-state index in [-0.39, 0.29) is 24.3 Å². The van der Waals surface area contributed by atoms with Crippen molar-refractivity contribution in [3.8, 4) is 17.0 Å². The Balaban J connectivity index is 1.14. The van der Waals surface area contributed by atoms with Gasteiger partial charge in [0.2, 0.25) is 11.9 Å². The molecular formula is C30H30F2N8O2. The fourth-order valence-corrected chi connectivity index (χ4v) is 5.15. The van der Waals surface area contributed by atoms with Crippen LogP contribution in [0.2, 0.25) is 0 Å². The number of nitrogens with one attached hydrogen (secondary N) is 3. The van der Waals surface area contributed by atoms with Crippen LogP contribution in [0.1, 0.15) is 17.7 Å². The van der Waals surface area contributed by atoms with Gasteiger partial charge in [0.25, 0.3) is 0 Å². The molecular weight excluding hydrogens is 542 g/mol. The summed E-state index contributed by atoms with van der Waals surface area (Å²) in [4.78, 5) is 27.4. The minimum Gasteiger partial charge on any atom is -0.486 e. The van der Waals surface area contributed by atoms with Gasteiger partial charge in [-0.15, -0.1) is 0 Å². The first kappa shape index (κ1) is 27.3. The summed E-state index contributed by atoms with van der Waals surface area (Å²) in [6, 6.07) is 10.9. The Morgan fingerprint density at radius 2 is 2.05 bits per heavy atom. The number of aromatic amines is 1. The standard InChI is InChI=1S/C30H30F2N8O2/c1-17-13-34-30(36-26-11-18(2)39(3)38-26)37-28(17)22-14-33-29-21(22)5-4-6-24(29)35-27(41)16-40-10-9-20(15-40)42-25-8-7-19(31)12-23(25)32/h4-8,11-14,20,33H,9-10,15-16H2,1-3H3,(H,35,41)(H,34,36,37,38). The van der Waals surface area contributed by atoms with Crippen LogP contribution in [0.15, 0.2) is 54.9 Å².